The molecule has 0 spiro atoms. The van der Waals surface area contributed by atoms with E-state index in [1.165, 1.54) is 0 Å². The van der Waals surface area contributed by atoms with Gasteiger partial charge in [0.1, 0.15) is 0 Å². The Morgan fingerprint density at radius 3 is 2.50 bits per heavy atom. The molecular weight excluding hydrogens is 130 g/mol. The Kier molecular flexibility index (Phi) is 3.25. The first-order valence-corrected chi connectivity index (χ1v) is 2.86. The number of aliphatic carboxylic acids is 1. The van der Waals surface area contributed by atoms with E-state index in [1.54, 1.807) is 14.0 Å². The average Bonchev–Trinajstić information content (AvgIpc) is 1.85. The number of carbonyl (C=O) groups is 1. The molecule has 0 amide bonds. The van der Waals surface area contributed by atoms with Gasteiger partial charge in [0.15, 0.2) is 0 Å². The van der Waals surface area contributed by atoms with Crippen LogP contribution in [0.5, 0.6) is 0 Å². The summed E-state index contributed by atoms with van der Waals surface area (Å²) >= 11 is 0. The van der Waals surface area contributed by atoms with Gasteiger partial charge in [0.05, 0.1) is 0 Å². The zero-order valence-corrected chi connectivity index (χ0v) is 6.14. The topological polar surface area (TPSA) is 49.3 Å². The number of hydrogen-bond donors (Lipinski definition) is 2. The highest BCUT2D eigenvalue weighted by Gasteiger charge is 1.95. The standard InChI is InChI=1S/C7H11NO2/c1-5(4-7(9)10)6(2)8-3/h4,8H,2H2,1,3H3,(H,9,10)/b5-4+. The summed E-state index contributed by atoms with van der Waals surface area (Å²) in [6, 6.07) is 0. The minimum atomic E-state index is -0.950. The van der Waals surface area contributed by atoms with Crippen molar-refractivity contribution >= 4 is 5.97 Å². The number of rotatable bonds is 3. The fourth-order valence-electron chi connectivity index (χ4n) is 0.469. The zero-order chi connectivity index (χ0) is 8.15. The molecule has 0 saturated carbocycles. The van der Waals surface area contributed by atoms with Crippen molar-refractivity contribution in [2.75, 3.05) is 7.05 Å². The zero-order valence-electron chi connectivity index (χ0n) is 6.14. The first kappa shape index (κ1) is 8.75. The molecule has 0 unspecified atom stereocenters. The van der Waals surface area contributed by atoms with E-state index in [0.29, 0.717) is 11.3 Å². The van der Waals surface area contributed by atoms with Gasteiger partial charge in [-0.05, 0) is 12.5 Å². The number of carboxylic acids is 1. The minimum absolute atomic E-state index is 0.627. The molecule has 0 aliphatic rings. The molecule has 0 rings (SSSR count). The van der Waals surface area contributed by atoms with Crippen molar-refractivity contribution < 1.29 is 9.90 Å². The lowest BCUT2D eigenvalue weighted by Gasteiger charge is -2.01. The van der Waals surface area contributed by atoms with Crippen molar-refractivity contribution in [2.24, 2.45) is 0 Å². The molecule has 0 saturated heterocycles. The molecule has 56 valence electrons. The van der Waals surface area contributed by atoms with Gasteiger partial charge < -0.3 is 10.4 Å². The Balaban J connectivity index is 4.19. The summed E-state index contributed by atoms with van der Waals surface area (Å²) in [4.78, 5) is 10.1. The van der Waals surface area contributed by atoms with E-state index < -0.39 is 5.97 Å². The van der Waals surface area contributed by atoms with Crippen LogP contribution in [0.25, 0.3) is 0 Å². The van der Waals surface area contributed by atoms with Crippen LogP contribution in [-0.4, -0.2) is 18.1 Å². The molecule has 10 heavy (non-hydrogen) atoms. The second kappa shape index (κ2) is 3.71. The Labute approximate surface area is 60.1 Å². The minimum Gasteiger partial charge on any atom is -0.478 e. The molecule has 0 heterocycles. The van der Waals surface area contributed by atoms with E-state index in [-0.39, 0.29) is 0 Å². The number of nitrogens with one attached hydrogen (secondary N) is 1. The van der Waals surface area contributed by atoms with Gasteiger partial charge in [-0.2, -0.15) is 0 Å². The molecule has 0 radical (unpaired) electrons. The van der Waals surface area contributed by atoms with Crippen molar-refractivity contribution in [3.05, 3.63) is 23.9 Å². The highest BCUT2D eigenvalue weighted by molar-refractivity contribution is 5.81. The van der Waals surface area contributed by atoms with Crippen LogP contribution in [0, 0.1) is 0 Å². The second-order valence-electron chi connectivity index (χ2n) is 1.89. The van der Waals surface area contributed by atoms with Crippen molar-refractivity contribution in [1.82, 2.24) is 5.32 Å². The maximum atomic E-state index is 10.1. The van der Waals surface area contributed by atoms with Gasteiger partial charge in [0.2, 0.25) is 0 Å². The lowest BCUT2D eigenvalue weighted by Crippen LogP contribution is -2.06. The molecule has 0 atom stereocenters. The summed E-state index contributed by atoms with van der Waals surface area (Å²) in [7, 11) is 1.70. The monoisotopic (exact) mass is 141 g/mol. The van der Waals surface area contributed by atoms with Crippen LogP contribution in [-0.2, 0) is 4.79 Å². The van der Waals surface area contributed by atoms with E-state index in [2.05, 4.69) is 11.9 Å². The van der Waals surface area contributed by atoms with Gasteiger partial charge in [-0.1, -0.05) is 6.58 Å². The molecule has 3 nitrogen and oxygen atoms in total. The summed E-state index contributed by atoms with van der Waals surface area (Å²) in [5, 5.41) is 11.0. The van der Waals surface area contributed by atoms with Gasteiger partial charge in [0, 0.05) is 18.8 Å². The second-order valence-corrected chi connectivity index (χ2v) is 1.89. The summed E-state index contributed by atoms with van der Waals surface area (Å²) < 4.78 is 0. The molecule has 0 aliphatic heterocycles. The summed E-state index contributed by atoms with van der Waals surface area (Å²) in [5.74, 6) is -0.950. The third kappa shape index (κ3) is 2.91. The van der Waals surface area contributed by atoms with E-state index in [4.69, 9.17) is 5.11 Å². The predicted octanol–water partition coefficient (Wildman–Crippen LogP) is 0.750. The quantitative estimate of drug-likeness (QED) is 0.450. The van der Waals surface area contributed by atoms with Crippen molar-refractivity contribution in [3.8, 4) is 0 Å². The Bertz CT molecular complexity index is 182. The number of carboxylic acid groups (broad SMARTS) is 1. The first-order chi connectivity index (χ1) is 4.57. The van der Waals surface area contributed by atoms with Crippen LogP contribution in [0.3, 0.4) is 0 Å². The predicted molar refractivity (Wildman–Crippen MR) is 39.6 cm³/mol. The summed E-state index contributed by atoms with van der Waals surface area (Å²) in [6.07, 6.45) is 1.11. The van der Waals surface area contributed by atoms with Crippen LogP contribution in [0.4, 0.5) is 0 Å². The average molecular weight is 141 g/mol. The fourth-order valence-corrected chi connectivity index (χ4v) is 0.469. The van der Waals surface area contributed by atoms with E-state index in [9.17, 15) is 4.79 Å². The van der Waals surface area contributed by atoms with Gasteiger partial charge in [-0.15, -0.1) is 0 Å². The van der Waals surface area contributed by atoms with Gasteiger partial charge >= 0.3 is 5.97 Å². The molecule has 0 fully saturated rings. The molecule has 0 bridgehead atoms. The summed E-state index contributed by atoms with van der Waals surface area (Å²) in [5.41, 5.74) is 1.26. The molecule has 2 N–H and O–H groups in total. The van der Waals surface area contributed by atoms with E-state index in [1.807, 2.05) is 0 Å². The highest BCUT2D eigenvalue weighted by Crippen LogP contribution is 2.00. The van der Waals surface area contributed by atoms with Crippen LogP contribution >= 0.6 is 0 Å². The highest BCUT2D eigenvalue weighted by atomic mass is 16.4. The van der Waals surface area contributed by atoms with Crippen LogP contribution in [0.2, 0.25) is 0 Å². The smallest absolute Gasteiger partial charge is 0.328 e. The number of likely N-dealkylation sites (N-methyl/N-ethyl adjacent to an activating group) is 1. The van der Waals surface area contributed by atoms with Gasteiger partial charge in [-0.3, -0.25) is 0 Å². The first-order valence-electron chi connectivity index (χ1n) is 2.86. The van der Waals surface area contributed by atoms with E-state index >= 15 is 0 Å². The Hall–Kier alpha value is -1.25. The molecule has 0 aliphatic carbocycles. The van der Waals surface area contributed by atoms with Crippen molar-refractivity contribution in [2.45, 2.75) is 6.92 Å². The van der Waals surface area contributed by atoms with Gasteiger partial charge in [0.25, 0.3) is 0 Å². The Morgan fingerprint density at radius 2 is 2.20 bits per heavy atom. The van der Waals surface area contributed by atoms with E-state index in [0.717, 1.165) is 6.08 Å². The largest absolute Gasteiger partial charge is 0.478 e. The fraction of sp³-hybridized carbons (Fsp3) is 0.286. The molecular formula is C7H11NO2. The van der Waals surface area contributed by atoms with Crippen LogP contribution < -0.4 is 5.32 Å². The summed E-state index contributed by atoms with van der Waals surface area (Å²) in [6.45, 7) is 5.27. The Morgan fingerprint density at radius 1 is 1.70 bits per heavy atom. The number of allylic oxidation sites excluding steroid dienone is 1. The number of hydrogen-bond acceptors (Lipinski definition) is 2. The van der Waals surface area contributed by atoms with Crippen molar-refractivity contribution in [1.29, 1.82) is 0 Å². The lowest BCUT2D eigenvalue weighted by atomic mass is 10.2. The molecule has 0 aromatic carbocycles. The normalized spacial score (nSPS) is 10.8. The third-order valence-electron chi connectivity index (χ3n) is 1.12. The third-order valence-corrected chi connectivity index (χ3v) is 1.12. The maximum absolute atomic E-state index is 10.1. The van der Waals surface area contributed by atoms with Crippen molar-refractivity contribution in [3.63, 3.8) is 0 Å². The van der Waals surface area contributed by atoms with Crippen LogP contribution in [0.1, 0.15) is 6.92 Å². The SMILES string of the molecule is C=C(NC)/C(C)=C/C(=O)O. The maximum Gasteiger partial charge on any atom is 0.328 e. The lowest BCUT2D eigenvalue weighted by molar-refractivity contribution is -0.131. The molecule has 0 aromatic rings. The molecule has 3 heteroatoms. The molecule has 0 aromatic heterocycles. The van der Waals surface area contributed by atoms with Crippen LogP contribution in [0.15, 0.2) is 23.9 Å². The van der Waals surface area contributed by atoms with Gasteiger partial charge in [-0.25, -0.2) is 4.79 Å².